The minimum Gasteiger partial charge on any atom is -0.222 e. The number of nitrogens with zero attached hydrogens (tertiary/aromatic N) is 3. The summed E-state index contributed by atoms with van der Waals surface area (Å²) in [6.07, 6.45) is 12.5. The van der Waals surface area contributed by atoms with Gasteiger partial charge in [0.1, 0.15) is 17.6 Å². The molecule has 0 amide bonds. The van der Waals surface area contributed by atoms with Gasteiger partial charge >= 0.3 is 0 Å². The Labute approximate surface area is 158 Å². The lowest BCUT2D eigenvalue weighted by molar-refractivity contribution is -2.00. The normalized spacial score (nSPS) is 15.4. The monoisotopic (exact) mass is 385 g/mol. The molecule has 0 radical (unpaired) electrons. The molecule has 0 saturated carbocycles. The molecule has 0 bridgehead atoms. The van der Waals surface area contributed by atoms with Gasteiger partial charge in [-0.1, -0.05) is 42.5 Å². The van der Waals surface area contributed by atoms with Gasteiger partial charge in [0.25, 0.3) is 6.34 Å². The quantitative estimate of drug-likeness (QED) is 0.631. The summed E-state index contributed by atoms with van der Waals surface area (Å²) in [6.45, 7) is 0. The zero-order valence-corrected chi connectivity index (χ0v) is 14.8. The van der Waals surface area contributed by atoms with Gasteiger partial charge in [-0.3, -0.25) is 0 Å². The first-order valence-corrected chi connectivity index (χ1v) is 9.15. The molecule has 0 fully saturated rings. The van der Waals surface area contributed by atoms with Crippen molar-refractivity contribution in [2.75, 3.05) is 5.01 Å². The Morgan fingerprint density at radius 3 is 1.96 bits per heavy atom. The summed E-state index contributed by atoms with van der Waals surface area (Å²) in [5.41, 5.74) is 3.38. The van der Waals surface area contributed by atoms with Gasteiger partial charge in [-0.15, -0.1) is 15.3 Å². The van der Waals surface area contributed by atoms with Crippen LogP contribution in [0.2, 0.25) is 0 Å². The highest BCUT2D eigenvalue weighted by atomic mass is 35.7. The summed E-state index contributed by atoms with van der Waals surface area (Å²) in [6, 6.07) is 20.7. The molecule has 8 heteroatoms. The fourth-order valence-corrected chi connectivity index (χ4v) is 2.61. The number of para-hydroxylation sites is 2. The molecular formula is C19H16ClN3O4. The third-order valence-corrected chi connectivity index (χ3v) is 3.68. The first-order chi connectivity index (χ1) is 12.9. The summed E-state index contributed by atoms with van der Waals surface area (Å²) < 4.78 is 36.1. The first-order valence-electron chi connectivity index (χ1n) is 7.92. The maximum Gasteiger partial charge on any atom is 0.273 e. The van der Waals surface area contributed by atoms with E-state index in [1.54, 1.807) is 0 Å². The highest BCUT2D eigenvalue weighted by molar-refractivity contribution is 5.77. The minimum atomic E-state index is -4.94. The molecule has 2 aliphatic heterocycles. The number of hydrazine groups is 1. The summed E-state index contributed by atoms with van der Waals surface area (Å²) in [5.74, 6) is 0. The van der Waals surface area contributed by atoms with Crippen molar-refractivity contribution < 1.29 is 33.5 Å². The summed E-state index contributed by atoms with van der Waals surface area (Å²) in [4.78, 5) is 0. The maximum absolute atomic E-state index is 8.49. The smallest absolute Gasteiger partial charge is 0.222 e. The van der Waals surface area contributed by atoms with E-state index >= 15 is 0 Å². The molecule has 2 aliphatic rings. The first kappa shape index (κ1) is 18.8. The lowest BCUT2D eigenvalue weighted by atomic mass is 10.2. The van der Waals surface area contributed by atoms with Crippen molar-refractivity contribution in [2.24, 2.45) is 0 Å². The highest BCUT2D eigenvalue weighted by Crippen LogP contribution is 2.26. The number of rotatable bonds is 2. The third kappa shape index (κ3) is 5.27. The van der Waals surface area contributed by atoms with Gasteiger partial charge in [0, 0.05) is 6.20 Å². The molecule has 138 valence electrons. The van der Waals surface area contributed by atoms with Crippen LogP contribution in [-0.4, -0.2) is 15.9 Å². The molecule has 0 aliphatic carbocycles. The third-order valence-electron chi connectivity index (χ3n) is 3.68. The second-order valence-electron chi connectivity index (χ2n) is 5.52. The molecular weight excluding hydrogens is 370 g/mol. The number of hydrogen-bond acceptors (Lipinski definition) is 6. The van der Waals surface area contributed by atoms with E-state index in [4.69, 9.17) is 18.6 Å². The summed E-state index contributed by atoms with van der Waals surface area (Å²) >= 11 is 0. The number of halogens is 1. The summed E-state index contributed by atoms with van der Waals surface area (Å²) in [7, 11) is -4.94. The fourth-order valence-electron chi connectivity index (χ4n) is 2.61. The van der Waals surface area contributed by atoms with Crippen LogP contribution in [0.1, 0.15) is 0 Å². The maximum atomic E-state index is 8.49. The Morgan fingerprint density at radius 2 is 1.33 bits per heavy atom. The fraction of sp³-hybridized carbons (Fsp3) is 0. The summed E-state index contributed by atoms with van der Waals surface area (Å²) in [5, 5.41) is 4.27. The van der Waals surface area contributed by atoms with Crippen LogP contribution >= 0.6 is 0 Å². The van der Waals surface area contributed by atoms with Crippen molar-refractivity contribution in [2.45, 2.75) is 0 Å². The Morgan fingerprint density at radius 1 is 0.741 bits per heavy atom. The largest absolute Gasteiger partial charge is 0.273 e. The zero-order valence-electron chi connectivity index (χ0n) is 14.1. The molecule has 0 spiro atoms. The lowest BCUT2D eigenvalue weighted by Crippen LogP contribution is -2.68. The average molecular weight is 386 g/mol. The van der Waals surface area contributed by atoms with Gasteiger partial charge in [-0.25, -0.2) is 23.2 Å². The molecule has 0 aromatic heterocycles. The molecule has 7 nitrogen and oxygen atoms in total. The van der Waals surface area contributed by atoms with Crippen molar-refractivity contribution in [1.82, 2.24) is 5.01 Å². The molecule has 2 heterocycles. The van der Waals surface area contributed by atoms with Crippen LogP contribution < -0.4 is 23.6 Å². The van der Waals surface area contributed by atoms with E-state index in [0.717, 1.165) is 17.1 Å². The van der Waals surface area contributed by atoms with Crippen LogP contribution in [0.4, 0.5) is 11.4 Å². The second kappa shape index (κ2) is 8.17. The van der Waals surface area contributed by atoms with Crippen molar-refractivity contribution in [3.05, 3.63) is 97.0 Å². The Bertz CT molecular complexity index is 884. The van der Waals surface area contributed by atoms with Crippen LogP contribution in [0, 0.1) is 10.2 Å². The number of anilines is 1. The van der Waals surface area contributed by atoms with Crippen LogP contribution in [-0.2, 0) is 0 Å². The van der Waals surface area contributed by atoms with E-state index in [-0.39, 0.29) is 0 Å². The topological polar surface area (TPSA) is 102 Å². The van der Waals surface area contributed by atoms with Crippen molar-refractivity contribution in [3.8, 4) is 0 Å². The van der Waals surface area contributed by atoms with Gasteiger partial charge in [-0.2, -0.15) is 5.01 Å². The molecule has 0 atom stereocenters. The van der Waals surface area contributed by atoms with Crippen molar-refractivity contribution in [1.29, 1.82) is 0 Å². The molecule has 2 aromatic rings. The molecule has 4 rings (SSSR count). The SMILES string of the molecule is C1=CC2=C[N+](c3ccccc3)=CN(c3ccccc3)N2C=C1.[O-][Cl+3]([O-])([O-])[O-]. The van der Waals surface area contributed by atoms with E-state index < -0.39 is 10.2 Å². The van der Waals surface area contributed by atoms with Gasteiger partial charge < -0.3 is 0 Å². The molecule has 0 saturated heterocycles. The van der Waals surface area contributed by atoms with Gasteiger partial charge in [0.15, 0.2) is 5.69 Å². The second-order valence-corrected chi connectivity index (χ2v) is 6.27. The Balaban J connectivity index is 0.000000376. The van der Waals surface area contributed by atoms with Crippen LogP contribution in [0.3, 0.4) is 0 Å². The van der Waals surface area contributed by atoms with Crippen molar-refractivity contribution in [3.63, 3.8) is 0 Å². The Kier molecular flexibility index (Phi) is 5.70. The minimum absolute atomic E-state index is 1.12. The van der Waals surface area contributed by atoms with Gasteiger partial charge in [-0.05, 0) is 36.4 Å². The van der Waals surface area contributed by atoms with E-state index in [0.29, 0.717) is 0 Å². The predicted octanol–water partition coefficient (Wildman–Crippen LogP) is -0.735. The predicted molar refractivity (Wildman–Crippen MR) is 89.5 cm³/mol. The number of benzene rings is 2. The van der Waals surface area contributed by atoms with E-state index in [1.165, 1.54) is 0 Å². The number of fused-ring (bicyclic) bond motifs is 1. The lowest BCUT2D eigenvalue weighted by Gasteiger charge is -2.30. The van der Waals surface area contributed by atoms with Gasteiger partial charge in [0.2, 0.25) is 0 Å². The van der Waals surface area contributed by atoms with E-state index in [1.807, 2.05) is 18.2 Å². The number of allylic oxidation sites excluding steroid dienone is 3. The van der Waals surface area contributed by atoms with E-state index in [9.17, 15) is 0 Å². The number of hydrogen-bond donors (Lipinski definition) is 0. The van der Waals surface area contributed by atoms with Crippen molar-refractivity contribution >= 4 is 17.7 Å². The van der Waals surface area contributed by atoms with Crippen LogP contribution in [0.25, 0.3) is 0 Å². The molecule has 0 unspecified atom stereocenters. The molecule has 0 N–H and O–H groups in total. The van der Waals surface area contributed by atoms with Crippen LogP contribution in [0.5, 0.6) is 0 Å². The molecule has 27 heavy (non-hydrogen) atoms. The Hall–Kier alpha value is -2.94. The highest BCUT2D eigenvalue weighted by Gasteiger charge is 2.28. The van der Waals surface area contributed by atoms with Gasteiger partial charge in [0.05, 0.1) is 0 Å². The standard InChI is InChI=1S/C19H16N3.ClHO4/c1-3-9-17(10-4-1)20-15-19-13-7-8-14-21(19)22(16-20)18-11-5-2-6-12-18;2-1(3,4)5/h1-16H;(H,2,3,4,5)/q+1;/p-1. The van der Waals surface area contributed by atoms with E-state index in [2.05, 4.69) is 94.0 Å². The van der Waals surface area contributed by atoms with Crippen LogP contribution in [0.15, 0.2) is 97.0 Å². The zero-order chi connectivity index (χ0) is 19.3. The average Bonchev–Trinajstić information content (AvgIpc) is 2.67. The molecule has 2 aromatic carbocycles.